The summed E-state index contributed by atoms with van der Waals surface area (Å²) in [5, 5.41) is 29.9. The van der Waals surface area contributed by atoms with Gasteiger partial charge in [0, 0.05) is 12.5 Å². The van der Waals surface area contributed by atoms with Gasteiger partial charge >= 0.3 is 5.97 Å². The highest BCUT2D eigenvalue weighted by atomic mass is 16.5. The molecule has 2 aromatic carbocycles. The third-order valence-corrected chi connectivity index (χ3v) is 3.28. The van der Waals surface area contributed by atoms with E-state index < -0.39 is 11.9 Å². The van der Waals surface area contributed by atoms with Crippen LogP contribution in [0.5, 0.6) is 5.75 Å². The maximum atomic E-state index is 12.2. The number of phenols is 1. The van der Waals surface area contributed by atoms with Gasteiger partial charge in [-0.05, 0) is 50.2 Å². The average Bonchev–Trinajstić information content (AvgIpc) is 2.64. The maximum Gasteiger partial charge on any atom is 0.340 e. The van der Waals surface area contributed by atoms with Crippen molar-refractivity contribution in [1.82, 2.24) is 5.32 Å². The van der Waals surface area contributed by atoms with Crippen molar-refractivity contribution in [1.29, 1.82) is 0 Å². The number of carboxylic acid groups (broad SMARTS) is 1. The summed E-state index contributed by atoms with van der Waals surface area (Å²) >= 11 is 0. The Morgan fingerprint density at radius 3 is 2.43 bits per heavy atom. The summed E-state index contributed by atoms with van der Waals surface area (Å²) in [6, 6.07) is 11.9. The van der Waals surface area contributed by atoms with Crippen LogP contribution in [0.15, 0.2) is 52.7 Å². The lowest BCUT2D eigenvalue weighted by molar-refractivity contribution is -0.302. The minimum absolute atomic E-state index is 0.0458. The van der Waals surface area contributed by atoms with E-state index in [1.165, 1.54) is 0 Å². The van der Waals surface area contributed by atoms with Crippen molar-refractivity contribution in [3.05, 3.63) is 53.6 Å². The molecule has 28 heavy (non-hydrogen) atoms. The molecule has 2 aromatic rings. The van der Waals surface area contributed by atoms with E-state index in [0.29, 0.717) is 23.5 Å². The molecule has 0 aliphatic rings. The number of rotatable bonds is 7. The van der Waals surface area contributed by atoms with Crippen LogP contribution >= 0.6 is 0 Å². The highest BCUT2D eigenvalue weighted by molar-refractivity contribution is 5.94. The molecule has 0 spiro atoms. The summed E-state index contributed by atoms with van der Waals surface area (Å²) < 4.78 is 5.21. The fourth-order valence-electron chi connectivity index (χ4n) is 2.03. The van der Waals surface area contributed by atoms with Crippen LogP contribution in [-0.2, 0) is 9.53 Å². The molecule has 0 bridgehead atoms. The highest BCUT2D eigenvalue weighted by Gasteiger charge is 2.12. The van der Waals surface area contributed by atoms with Crippen molar-refractivity contribution in [3.8, 4) is 5.75 Å². The number of phenolic OH excluding ortho intramolecular Hbond substituents is 1. The number of likely N-dealkylation sites (N-methyl/N-ethyl adjacent to an activating group) is 1. The van der Waals surface area contributed by atoms with Gasteiger partial charge in [-0.25, -0.2) is 4.79 Å². The van der Waals surface area contributed by atoms with Crippen LogP contribution in [0.25, 0.3) is 0 Å². The summed E-state index contributed by atoms with van der Waals surface area (Å²) in [5.41, 5.74) is 2.00. The number of aryl methyl sites for hydroxylation is 1. The van der Waals surface area contributed by atoms with Crippen LogP contribution in [0.2, 0.25) is 0 Å². The summed E-state index contributed by atoms with van der Waals surface area (Å²) in [5.74, 6) is -1.49. The predicted molar refractivity (Wildman–Crippen MR) is 103 cm³/mol. The molecule has 0 amide bonds. The number of nitrogens with one attached hydrogen (secondary N) is 1. The summed E-state index contributed by atoms with van der Waals surface area (Å²) in [7, 11) is 0. The molecule has 0 fully saturated rings. The van der Waals surface area contributed by atoms with E-state index in [4.69, 9.17) is 14.6 Å². The summed E-state index contributed by atoms with van der Waals surface area (Å²) in [4.78, 5) is 21.0. The van der Waals surface area contributed by atoms with E-state index in [2.05, 4.69) is 15.5 Å². The minimum atomic E-state index is -1.08. The number of aliphatic carboxylic acids is 1. The molecule has 0 aromatic heterocycles. The molecule has 0 aliphatic carbocycles. The molecule has 0 atom stereocenters. The number of nitrogens with zero attached hydrogens (tertiary/aromatic N) is 2. The molecule has 0 aliphatic heterocycles. The standard InChI is InChI=1S/C18H21N3O3.C2H4O2/c1-3-19-10-11-24-18(23)14-6-4-5-7-15(14)20-21-16-9-8-13(2)12-17(16)22;1-2(3)4/h4-9,12,19,22H,3,10-11H2,1-2H3;1H3,(H,3,4)/p-1. The molecule has 0 saturated heterocycles. The Balaban J connectivity index is 0.000000892. The van der Waals surface area contributed by atoms with Crippen molar-refractivity contribution < 1.29 is 24.5 Å². The van der Waals surface area contributed by atoms with Gasteiger partial charge in [-0.15, -0.1) is 10.2 Å². The van der Waals surface area contributed by atoms with Crippen LogP contribution in [0.4, 0.5) is 11.4 Å². The first-order valence-electron chi connectivity index (χ1n) is 8.71. The predicted octanol–water partition coefficient (Wildman–Crippen LogP) is 2.64. The first-order chi connectivity index (χ1) is 13.3. The first-order valence-corrected chi connectivity index (χ1v) is 8.71. The Bertz CT molecular complexity index is 817. The normalized spacial score (nSPS) is 10.2. The van der Waals surface area contributed by atoms with Gasteiger partial charge in [0.05, 0.1) is 5.56 Å². The fourth-order valence-corrected chi connectivity index (χ4v) is 2.03. The molecule has 0 unspecified atom stereocenters. The Morgan fingerprint density at radius 1 is 1.14 bits per heavy atom. The van der Waals surface area contributed by atoms with Gasteiger partial charge in [0.15, 0.2) is 0 Å². The second-order valence-electron chi connectivity index (χ2n) is 5.69. The summed E-state index contributed by atoms with van der Waals surface area (Å²) in [6.45, 7) is 6.54. The third kappa shape index (κ3) is 8.41. The van der Waals surface area contributed by atoms with Crippen molar-refractivity contribution in [2.24, 2.45) is 10.2 Å². The average molecular weight is 386 g/mol. The maximum absolute atomic E-state index is 12.2. The van der Waals surface area contributed by atoms with E-state index in [1.807, 2.05) is 19.9 Å². The van der Waals surface area contributed by atoms with E-state index in [9.17, 15) is 9.90 Å². The minimum Gasteiger partial charge on any atom is -0.550 e. The zero-order valence-electron chi connectivity index (χ0n) is 16.1. The van der Waals surface area contributed by atoms with Crippen LogP contribution in [-0.4, -0.2) is 36.7 Å². The zero-order chi connectivity index (χ0) is 20.9. The van der Waals surface area contributed by atoms with E-state index in [0.717, 1.165) is 19.0 Å². The Labute approximate surface area is 163 Å². The highest BCUT2D eigenvalue weighted by Crippen LogP contribution is 2.29. The lowest BCUT2D eigenvalue weighted by atomic mass is 10.2. The van der Waals surface area contributed by atoms with Gasteiger partial charge in [0.25, 0.3) is 0 Å². The SMILES string of the molecule is CC(=O)[O-].CCNCCOC(=O)c1ccccc1N=Nc1ccc(C)cc1O. The van der Waals surface area contributed by atoms with Gasteiger partial charge in [0.1, 0.15) is 23.7 Å². The van der Waals surface area contributed by atoms with Crippen LogP contribution in [0.1, 0.15) is 29.8 Å². The summed E-state index contributed by atoms with van der Waals surface area (Å²) in [6.07, 6.45) is 0. The van der Waals surface area contributed by atoms with Crippen molar-refractivity contribution in [2.45, 2.75) is 20.8 Å². The smallest absolute Gasteiger partial charge is 0.340 e. The Hall–Kier alpha value is -3.26. The lowest BCUT2D eigenvalue weighted by Gasteiger charge is -2.07. The number of azo groups is 1. The molecule has 150 valence electrons. The number of hydrogen-bond acceptors (Lipinski definition) is 8. The van der Waals surface area contributed by atoms with Crippen molar-refractivity contribution >= 4 is 23.3 Å². The molecule has 0 heterocycles. The molecule has 0 radical (unpaired) electrons. The van der Waals surface area contributed by atoms with Gasteiger partial charge in [-0.2, -0.15) is 0 Å². The van der Waals surface area contributed by atoms with Gasteiger partial charge in [-0.1, -0.05) is 25.1 Å². The van der Waals surface area contributed by atoms with Crippen LogP contribution in [0, 0.1) is 6.92 Å². The Kier molecular flexibility index (Phi) is 9.91. The van der Waals surface area contributed by atoms with Gasteiger partial charge < -0.3 is 25.1 Å². The lowest BCUT2D eigenvalue weighted by Crippen LogP contribution is -2.20. The molecular formula is C20H24N3O5-. The molecular weight excluding hydrogens is 362 g/mol. The number of esters is 1. The van der Waals surface area contributed by atoms with E-state index in [1.54, 1.807) is 36.4 Å². The number of ether oxygens (including phenoxy) is 1. The quantitative estimate of drug-likeness (QED) is 0.428. The molecule has 8 nitrogen and oxygen atoms in total. The topological polar surface area (TPSA) is 123 Å². The monoisotopic (exact) mass is 386 g/mol. The zero-order valence-corrected chi connectivity index (χ0v) is 16.1. The van der Waals surface area contributed by atoms with Crippen molar-refractivity contribution in [3.63, 3.8) is 0 Å². The second-order valence-corrected chi connectivity index (χ2v) is 5.69. The first kappa shape index (κ1) is 22.8. The number of carboxylic acids is 1. The number of benzene rings is 2. The van der Waals surface area contributed by atoms with E-state index >= 15 is 0 Å². The third-order valence-electron chi connectivity index (χ3n) is 3.28. The van der Waals surface area contributed by atoms with Crippen LogP contribution < -0.4 is 10.4 Å². The second kappa shape index (κ2) is 12.2. The largest absolute Gasteiger partial charge is 0.550 e. The van der Waals surface area contributed by atoms with Crippen LogP contribution in [0.3, 0.4) is 0 Å². The van der Waals surface area contributed by atoms with Gasteiger partial charge in [0.2, 0.25) is 0 Å². The molecule has 2 N–H and O–H groups in total. The number of carbonyl (C=O) groups is 2. The molecule has 2 rings (SSSR count). The molecule has 8 heteroatoms. The van der Waals surface area contributed by atoms with Crippen molar-refractivity contribution in [2.75, 3.05) is 19.7 Å². The molecule has 0 saturated carbocycles. The van der Waals surface area contributed by atoms with E-state index in [-0.39, 0.29) is 12.4 Å². The van der Waals surface area contributed by atoms with Gasteiger partial charge in [-0.3, -0.25) is 0 Å². The number of aromatic hydroxyl groups is 1. The number of carbonyl (C=O) groups excluding carboxylic acids is 2. The number of hydrogen-bond donors (Lipinski definition) is 2. The fraction of sp³-hybridized carbons (Fsp3) is 0.300. The Morgan fingerprint density at radius 2 is 1.79 bits per heavy atom.